The van der Waals surface area contributed by atoms with Gasteiger partial charge in [0.1, 0.15) is 5.69 Å². The fourth-order valence-corrected chi connectivity index (χ4v) is 4.90. The molecule has 144 valence electrons. The van der Waals surface area contributed by atoms with E-state index < -0.39 is 9.84 Å². The highest BCUT2D eigenvalue weighted by atomic mass is 32.2. The van der Waals surface area contributed by atoms with Gasteiger partial charge in [-0.2, -0.15) is 0 Å². The molecule has 0 bridgehead atoms. The Morgan fingerprint density at radius 3 is 2.48 bits per heavy atom. The summed E-state index contributed by atoms with van der Waals surface area (Å²) in [6.45, 7) is 4.17. The Bertz CT molecular complexity index is 921. The molecule has 27 heavy (non-hydrogen) atoms. The van der Waals surface area contributed by atoms with Crippen molar-refractivity contribution >= 4 is 27.4 Å². The Balaban J connectivity index is 1.77. The van der Waals surface area contributed by atoms with Crippen molar-refractivity contribution in [3.05, 3.63) is 47.3 Å². The summed E-state index contributed by atoms with van der Waals surface area (Å²) < 4.78 is 23.1. The van der Waals surface area contributed by atoms with Gasteiger partial charge >= 0.3 is 0 Å². The van der Waals surface area contributed by atoms with Crippen LogP contribution >= 0.6 is 0 Å². The molecule has 1 unspecified atom stereocenters. The number of hydrogen-bond acceptors (Lipinski definition) is 6. The van der Waals surface area contributed by atoms with Crippen molar-refractivity contribution in [3.63, 3.8) is 0 Å². The van der Waals surface area contributed by atoms with Crippen LogP contribution in [-0.2, 0) is 22.7 Å². The van der Waals surface area contributed by atoms with Gasteiger partial charge in [-0.3, -0.25) is 4.79 Å². The lowest BCUT2D eigenvalue weighted by Crippen LogP contribution is -2.36. The van der Waals surface area contributed by atoms with Gasteiger partial charge in [-0.1, -0.05) is 32.0 Å². The zero-order valence-corrected chi connectivity index (χ0v) is 16.3. The first-order chi connectivity index (χ1) is 12.9. The highest BCUT2D eigenvalue weighted by molar-refractivity contribution is 7.91. The zero-order valence-electron chi connectivity index (χ0n) is 15.5. The Kier molecular flexibility index (Phi) is 5.74. The SMILES string of the molecule is CCc1cccc(CC)c1Nc1nccc(C(=O)NC2CCS(=O)(=O)C2)n1. The molecule has 1 atom stereocenters. The summed E-state index contributed by atoms with van der Waals surface area (Å²) in [6.07, 6.45) is 3.70. The normalized spacial score (nSPS) is 18.2. The van der Waals surface area contributed by atoms with Gasteiger partial charge in [-0.25, -0.2) is 18.4 Å². The number of aromatic nitrogens is 2. The van der Waals surface area contributed by atoms with Crippen molar-refractivity contribution < 1.29 is 13.2 Å². The second kappa shape index (κ2) is 8.04. The molecule has 0 saturated carbocycles. The number of carbonyl (C=O) groups is 1. The van der Waals surface area contributed by atoms with Crippen LogP contribution in [0.4, 0.5) is 11.6 Å². The molecule has 1 aromatic carbocycles. The van der Waals surface area contributed by atoms with Crippen molar-refractivity contribution in [1.29, 1.82) is 0 Å². The van der Waals surface area contributed by atoms with E-state index in [2.05, 4.69) is 46.6 Å². The monoisotopic (exact) mass is 388 g/mol. The lowest BCUT2D eigenvalue weighted by Gasteiger charge is -2.15. The minimum Gasteiger partial charge on any atom is -0.347 e. The van der Waals surface area contributed by atoms with E-state index >= 15 is 0 Å². The van der Waals surface area contributed by atoms with E-state index in [-0.39, 0.29) is 29.1 Å². The summed E-state index contributed by atoms with van der Waals surface area (Å²) in [4.78, 5) is 21.0. The van der Waals surface area contributed by atoms with Gasteiger partial charge in [0.2, 0.25) is 5.95 Å². The van der Waals surface area contributed by atoms with Crippen molar-refractivity contribution in [2.24, 2.45) is 0 Å². The first-order valence-electron chi connectivity index (χ1n) is 9.14. The molecule has 1 aliphatic rings. The van der Waals surface area contributed by atoms with E-state index in [1.807, 2.05) is 6.07 Å². The van der Waals surface area contributed by atoms with Gasteiger partial charge in [0, 0.05) is 17.9 Å². The molecule has 8 heteroatoms. The van der Waals surface area contributed by atoms with Crippen LogP contribution < -0.4 is 10.6 Å². The average Bonchev–Trinajstić information content (AvgIpc) is 3.00. The van der Waals surface area contributed by atoms with Crippen LogP contribution in [0.1, 0.15) is 41.9 Å². The Morgan fingerprint density at radius 1 is 1.19 bits per heavy atom. The topological polar surface area (TPSA) is 101 Å². The van der Waals surface area contributed by atoms with Crippen LogP contribution in [0.15, 0.2) is 30.5 Å². The number of rotatable bonds is 6. The van der Waals surface area contributed by atoms with E-state index in [1.165, 1.54) is 12.3 Å². The number of sulfone groups is 1. The molecule has 0 spiro atoms. The lowest BCUT2D eigenvalue weighted by atomic mass is 10.0. The van der Waals surface area contributed by atoms with Crippen molar-refractivity contribution in [2.45, 2.75) is 39.2 Å². The molecule has 1 aliphatic heterocycles. The maximum Gasteiger partial charge on any atom is 0.270 e. The second-order valence-electron chi connectivity index (χ2n) is 6.62. The zero-order chi connectivity index (χ0) is 19.4. The molecule has 1 saturated heterocycles. The second-order valence-corrected chi connectivity index (χ2v) is 8.85. The molecule has 7 nitrogen and oxygen atoms in total. The summed E-state index contributed by atoms with van der Waals surface area (Å²) in [5.41, 5.74) is 3.50. The lowest BCUT2D eigenvalue weighted by molar-refractivity contribution is 0.0936. The molecule has 0 radical (unpaired) electrons. The highest BCUT2D eigenvalue weighted by Gasteiger charge is 2.29. The maximum absolute atomic E-state index is 12.4. The fraction of sp³-hybridized carbons (Fsp3) is 0.421. The molecular formula is C19H24N4O3S. The van der Waals surface area contributed by atoms with Crippen LogP contribution in [0.3, 0.4) is 0 Å². The maximum atomic E-state index is 12.4. The van der Waals surface area contributed by atoms with E-state index in [0.717, 1.165) is 29.7 Å². The van der Waals surface area contributed by atoms with Crippen LogP contribution in [0.5, 0.6) is 0 Å². The highest BCUT2D eigenvalue weighted by Crippen LogP contribution is 2.25. The number of anilines is 2. The van der Waals surface area contributed by atoms with E-state index in [1.54, 1.807) is 0 Å². The number of benzene rings is 1. The Hall–Kier alpha value is -2.48. The van der Waals surface area contributed by atoms with E-state index in [4.69, 9.17) is 0 Å². The van der Waals surface area contributed by atoms with Crippen LogP contribution in [0.2, 0.25) is 0 Å². The molecule has 2 N–H and O–H groups in total. The van der Waals surface area contributed by atoms with Gasteiger partial charge in [-0.05, 0) is 36.5 Å². The van der Waals surface area contributed by atoms with Crippen LogP contribution in [-0.4, -0.2) is 41.8 Å². The molecular weight excluding hydrogens is 364 g/mol. The number of amides is 1. The average molecular weight is 388 g/mol. The smallest absolute Gasteiger partial charge is 0.270 e. The van der Waals surface area contributed by atoms with E-state index in [0.29, 0.717) is 12.4 Å². The quantitative estimate of drug-likeness (QED) is 0.787. The molecule has 1 aromatic heterocycles. The molecule has 2 aromatic rings. The largest absolute Gasteiger partial charge is 0.347 e. The van der Waals surface area contributed by atoms with Crippen LogP contribution in [0.25, 0.3) is 0 Å². The van der Waals surface area contributed by atoms with Gasteiger partial charge in [0.25, 0.3) is 5.91 Å². The Labute approximate surface area is 159 Å². The number of hydrogen-bond donors (Lipinski definition) is 2. The van der Waals surface area contributed by atoms with Gasteiger partial charge in [0.15, 0.2) is 9.84 Å². The first kappa shape index (κ1) is 19.3. The fourth-order valence-electron chi connectivity index (χ4n) is 3.23. The summed E-state index contributed by atoms with van der Waals surface area (Å²) in [5.74, 6) is 0.0557. The summed E-state index contributed by atoms with van der Waals surface area (Å²) >= 11 is 0. The predicted molar refractivity (Wildman–Crippen MR) is 105 cm³/mol. The molecule has 1 amide bonds. The van der Waals surface area contributed by atoms with Gasteiger partial charge in [0.05, 0.1) is 11.5 Å². The minimum atomic E-state index is -3.05. The number of para-hydroxylation sites is 1. The van der Waals surface area contributed by atoms with Gasteiger partial charge < -0.3 is 10.6 Å². The third kappa shape index (κ3) is 4.63. The van der Waals surface area contributed by atoms with Crippen molar-refractivity contribution in [1.82, 2.24) is 15.3 Å². The standard InChI is InChI=1S/C19H24N4O3S/c1-3-13-6-5-7-14(4-2)17(13)23-19-20-10-8-16(22-19)18(24)21-15-9-11-27(25,26)12-15/h5-8,10,15H,3-4,9,11-12H2,1-2H3,(H,21,24)(H,20,22,23). The number of nitrogens with zero attached hydrogens (tertiary/aromatic N) is 2. The van der Waals surface area contributed by atoms with Crippen LogP contribution in [0, 0.1) is 0 Å². The third-order valence-electron chi connectivity index (χ3n) is 4.69. The predicted octanol–water partition coefficient (Wildman–Crippen LogP) is 2.26. The number of aryl methyl sites for hydroxylation is 2. The summed E-state index contributed by atoms with van der Waals surface area (Å²) in [6, 6.07) is 7.30. The summed E-state index contributed by atoms with van der Waals surface area (Å²) in [7, 11) is -3.05. The Morgan fingerprint density at radius 2 is 1.89 bits per heavy atom. The first-order valence-corrected chi connectivity index (χ1v) is 11.0. The molecule has 3 rings (SSSR count). The summed E-state index contributed by atoms with van der Waals surface area (Å²) in [5, 5.41) is 6.00. The van der Waals surface area contributed by atoms with Crippen molar-refractivity contribution in [2.75, 3.05) is 16.8 Å². The molecule has 1 fully saturated rings. The molecule has 0 aliphatic carbocycles. The number of carbonyl (C=O) groups excluding carboxylic acids is 1. The van der Waals surface area contributed by atoms with Crippen molar-refractivity contribution in [3.8, 4) is 0 Å². The minimum absolute atomic E-state index is 0.0152. The number of nitrogens with one attached hydrogen (secondary N) is 2. The van der Waals surface area contributed by atoms with E-state index in [9.17, 15) is 13.2 Å². The van der Waals surface area contributed by atoms with Gasteiger partial charge in [-0.15, -0.1) is 0 Å². The third-order valence-corrected chi connectivity index (χ3v) is 6.46. The molecule has 2 heterocycles.